The molecule has 0 radical (unpaired) electrons. The lowest BCUT2D eigenvalue weighted by molar-refractivity contribution is -0.0623. The lowest BCUT2D eigenvalue weighted by Crippen LogP contribution is -2.26. The van der Waals surface area contributed by atoms with Crippen molar-refractivity contribution in [2.24, 2.45) is 7.05 Å². The van der Waals surface area contributed by atoms with E-state index >= 15 is 0 Å². The summed E-state index contributed by atoms with van der Waals surface area (Å²) in [6, 6.07) is 6.88. The monoisotopic (exact) mass is 414 g/mol. The molecule has 0 atom stereocenters. The molecule has 0 aliphatic heterocycles. The molecule has 0 spiro atoms. The van der Waals surface area contributed by atoms with Crippen molar-refractivity contribution >= 4 is 22.4 Å². The number of amides is 1. The molecule has 0 aromatic carbocycles. The summed E-state index contributed by atoms with van der Waals surface area (Å²) < 4.78 is 9.29. The van der Waals surface area contributed by atoms with Gasteiger partial charge in [0.05, 0.1) is 11.8 Å². The Morgan fingerprint density at radius 1 is 1.31 bits per heavy atom. The maximum absolute atomic E-state index is 12.8. The highest BCUT2D eigenvalue weighted by Gasteiger charge is 2.26. The van der Waals surface area contributed by atoms with Crippen LogP contribution in [0.2, 0.25) is 0 Å². The largest absolute Gasteiger partial charge is 0.367 e. The van der Waals surface area contributed by atoms with Crippen LogP contribution in [0.25, 0.3) is 0 Å². The summed E-state index contributed by atoms with van der Waals surface area (Å²) in [5.74, 6) is -0.233. The van der Waals surface area contributed by atoms with E-state index in [1.54, 1.807) is 25.4 Å². The third-order valence-corrected chi connectivity index (χ3v) is 5.19. The summed E-state index contributed by atoms with van der Waals surface area (Å²) in [4.78, 5) is 28.9. The zero-order chi connectivity index (χ0) is 21.2. The fourth-order valence-corrected chi connectivity index (χ4v) is 3.98. The van der Waals surface area contributed by atoms with Gasteiger partial charge in [0.15, 0.2) is 5.13 Å². The summed E-state index contributed by atoms with van der Waals surface area (Å²) in [5, 5.41) is 5.31. The van der Waals surface area contributed by atoms with E-state index < -0.39 is 5.60 Å². The number of rotatable bonds is 7. The van der Waals surface area contributed by atoms with Gasteiger partial charge in [0.25, 0.3) is 5.91 Å². The van der Waals surface area contributed by atoms with E-state index in [0.29, 0.717) is 17.4 Å². The van der Waals surface area contributed by atoms with Gasteiger partial charge in [0.2, 0.25) is 5.56 Å². The number of carbonyl (C=O) groups excluding carboxylic acids is 1. The Labute approximate surface area is 174 Å². The van der Waals surface area contributed by atoms with Crippen LogP contribution in [-0.4, -0.2) is 26.1 Å². The molecule has 8 heteroatoms. The first-order chi connectivity index (χ1) is 13.7. The molecule has 3 rings (SSSR count). The standard InChI is InChI=1S/C21H26N4O3S/c1-14(2)28-21(3,4)17-13-29-20(22-17)23-19(27)16-7-6-10-25(16)12-15-8-9-18(26)24(5)11-15/h6-11,13-14H,12H2,1-5H3,(H,22,23,27). The van der Waals surface area contributed by atoms with Gasteiger partial charge in [-0.15, -0.1) is 11.3 Å². The van der Waals surface area contributed by atoms with Gasteiger partial charge in [0, 0.05) is 37.4 Å². The fraction of sp³-hybridized carbons (Fsp3) is 0.381. The third-order valence-electron chi connectivity index (χ3n) is 4.43. The molecule has 3 heterocycles. The molecule has 0 aliphatic carbocycles. The first-order valence-corrected chi connectivity index (χ1v) is 10.3. The minimum Gasteiger partial charge on any atom is -0.367 e. The molecule has 0 fully saturated rings. The molecule has 0 bridgehead atoms. The summed E-state index contributed by atoms with van der Waals surface area (Å²) >= 11 is 1.37. The summed E-state index contributed by atoms with van der Waals surface area (Å²) in [6.07, 6.45) is 3.69. The number of aryl methyl sites for hydroxylation is 1. The highest BCUT2D eigenvalue weighted by Crippen LogP contribution is 2.29. The first-order valence-electron chi connectivity index (χ1n) is 9.41. The molecule has 0 saturated carbocycles. The van der Waals surface area contributed by atoms with Crippen LogP contribution in [-0.2, 0) is 23.9 Å². The number of anilines is 1. The molecule has 7 nitrogen and oxygen atoms in total. The second kappa shape index (κ2) is 8.34. The summed E-state index contributed by atoms with van der Waals surface area (Å²) in [7, 11) is 1.71. The number of thiazole rings is 1. The molecule has 1 amide bonds. The van der Waals surface area contributed by atoms with Crippen molar-refractivity contribution in [1.82, 2.24) is 14.1 Å². The number of nitrogens with one attached hydrogen (secondary N) is 1. The molecular weight excluding hydrogens is 388 g/mol. The van der Waals surface area contributed by atoms with E-state index in [9.17, 15) is 9.59 Å². The topological polar surface area (TPSA) is 78.1 Å². The summed E-state index contributed by atoms with van der Waals surface area (Å²) in [6.45, 7) is 8.38. The van der Waals surface area contributed by atoms with E-state index in [4.69, 9.17) is 4.74 Å². The lowest BCUT2D eigenvalue weighted by Gasteiger charge is -2.25. The second-order valence-electron chi connectivity index (χ2n) is 7.68. The van der Waals surface area contributed by atoms with Crippen LogP contribution in [0, 0.1) is 0 Å². The van der Waals surface area contributed by atoms with Gasteiger partial charge in [-0.3, -0.25) is 14.9 Å². The Morgan fingerprint density at radius 2 is 2.07 bits per heavy atom. The molecule has 3 aromatic rings. The number of nitrogens with zero attached hydrogens (tertiary/aromatic N) is 3. The van der Waals surface area contributed by atoms with Crippen LogP contribution < -0.4 is 10.9 Å². The van der Waals surface area contributed by atoms with Crippen LogP contribution in [0.3, 0.4) is 0 Å². The zero-order valence-electron chi connectivity index (χ0n) is 17.3. The van der Waals surface area contributed by atoms with Crippen LogP contribution >= 0.6 is 11.3 Å². The van der Waals surface area contributed by atoms with E-state index in [-0.39, 0.29) is 17.6 Å². The van der Waals surface area contributed by atoms with Gasteiger partial charge in [-0.05, 0) is 45.4 Å². The summed E-state index contributed by atoms with van der Waals surface area (Å²) in [5.41, 5.74) is 1.64. The molecular formula is C21H26N4O3S. The number of pyridine rings is 1. The smallest absolute Gasteiger partial charge is 0.274 e. The average molecular weight is 415 g/mol. The zero-order valence-corrected chi connectivity index (χ0v) is 18.1. The van der Waals surface area contributed by atoms with Crippen LogP contribution in [0.5, 0.6) is 0 Å². The normalized spacial score (nSPS) is 11.8. The van der Waals surface area contributed by atoms with Gasteiger partial charge < -0.3 is 13.9 Å². The minimum atomic E-state index is -0.531. The van der Waals surface area contributed by atoms with Crippen molar-refractivity contribution in [3.63, 3.8) is 0 Å². The van der Waals surface area contributed by atoms with Gasteiger partial charge in [-0.25, -0.2) is 4.98 Å². The van der Waals surface area contributed by atoms with Crippen LogP contribution in [0.1, 0.15) is 49.4 Å². The van der Waals surface area contributed by atoms with Gasteiger partial charge in [-0.1, -0.05) is 6.07 Å². The maximum Gasteiger partial charge on any atom is 0.274 e. The third kappa shape index (κ3) is 5.02. The van der Waals surface area contributed by atoms with Crippen molar-refractivity contribution in [3.8, 4) is 0 Å². The number of aromatic nitrogens is 3. The van der Waals surface area contributed by atoms with Gasteiger partial charge in [0.1, 0.15) is 11.3 Å². The van der Waals surface area contributed by atoms with E-state index in [1.165, 1.54) is 22.0 Å². The number of ether oxygens (including phenoxy) is 1. The van der Waals surface area contributed by atoms with Crippen LogP contribution in [0.4, 0.5) is 5.13 Å². The number of hydrogen-bond acceptors (Lipinski definition) is 5. The molecule has 154 valence electrons. The Bertz CT molecular complexity index is 1060. The van der Waals surface area contributed by atoms with Crippen molar-refractivity contribution in [1.29, 1.82) is 0 Å². The van der Waals surface area contributed by atoms with Crippen LogP contribution in [0.15, 0.2) is 46.8 Å². The molecule has 0 aliphatic rings. The van der Waals surface area contributed by atoms with Gasteiger partial charge in [-0.2, -0.15) is 0 Å². The Kier molecular flexibility index (Phi) is 6.04. The predicted molar refractivity (Wildman–Crippen MR) is 115 cm³/mol. The van der Waals surface area contributed by atoms with E-state index in [0.717, 1.165) is 11.3 Å². The van der Waals surface area contributed by atoms with Crippen molar-refractivity contribution < 1.29 is 9.53 Å². The van der Waals surface area contributed by atoms with E-state index in [1.807, 2.05) is 49.9 Å². The molecule has 29 heavy (non-hydrogen) atoms. The highest BCUT2D eigenvalue weighted by molar-refractivity contribution is 7.14. The minimum absolute atomic E-state index is 0.0665. The Balaban J connectivity index is 1.73. The van der Waals surface area contributed by atoms with Gasteiger partial charge >= 0.3 is 0 Å². The van der Waals surface area contributed by atoms with Crippen molar-refractivity contribution in [2.75, 3.05) is 5.32 Å². The average Bonchev–Trinajstić information content (AvgIpc) is 3.27. The Morgan fingerprint density at radius 3 is 2.76 bits per heavy atom. The second-order valence-corrected chi connectivity index (χ2v) is 8.53. The maximum atomic E-state index is 12.8. The van der Waals surface area contributed by atoms with E-state index in [2.05, 4.69) is 10.3 Å². The fourth-order valence-electron chi connectivity index (χ4n) is 3.12. The number of carbonyl (C=O) groups is 1. The number of hydrogen-bond donors (Lipinski definition) is 1. The Hall–Kier alpha value is -2.71. The SMILES string of the molecule is CC(C)OC(C)(C)c1csc(NC(=O)c2cccn2Cc2ccc(=O)n(C)c2)n1. The quantitative estimate of drug-likeness (QED) is 0.641. The molecule has 0 unspecified atom stereocenters. The van der Waals surface area contributed by atoms with Crippen molar-refractivity contribution in [2.45, 2.75) is 45.9 Å². The first kappa shape index (κ1) is 21.0. The highest BCUT2D eigenvalue weighted by atomic mass is 32.1. The molecule has 1 N–H and O–H groups in total. The molecule has 3 aromatic heterocycles. The van der Waals surface area contributed by atoms with Crippen molar-refractivity contribution in [3.05, 3.63) is 69.3 Å². The lowest BCUT2D eigenvalue weighted by atomic mass is 10.1. The molecule has 0 saturated heterocycles. The predicted octanol–water partition coefficient (Wildman–Crippen LogP) is 3.60.